The Balaban J connectivity index is 1.53. The van der Waals surface area contributed by atoms with Crippen LogP contribution in [-0.4, -0.2) is 55.0 Å². The van der Waals surface area contributed by atoms with Crippen LogP contribution in [0.2, 0.25) is 0 Å². The number of fused-ring (bicyclic) bond motifs is 1. The Morgan fingerprint density at radius 3 is 2.62 bits per heavy atom. The zero-order chi connectivity index (χ0) is 26.4. The van der Waals surface area contributed by atoms with Crippen LogP contribution in [0.25, 0.3) is 0 Å². The number of thiophene rings is 1. The number of ether oxygens (including phenoxy) is 2. The number of nitrogens with zero attached hydrogens (tertiary/aromatic N) is 2. The van der Waals surface area contributed by atoms with Gasteiger partial charge in [0.05, 0.1) is 13.2 Å². The smallest absolute Gasteiger partial charge is 0.254 e. The highest BCUT2D eigenvalue weighted by Crippen LogP contribution is 2.34. The molecule has 1 aliphatic heterocycles. The lowest BCUT2D eigenvalue weighted by atomic mass is 10.00. The van der Waals surface area contributed by atoms with Gasteiger partial charge in [0.15, 0.2) is 0 Å². The molecule has 2 aromatic carbocycles. The van der Waals surface area contributed by atoms with Crippen LogP contribution in [0.3, 0.4) is 0 Å². The number of hydrogen-bond acceptors (Lipinski definition) is 5. The van der Waals surface area contributed by atoms with E-state index in [4.69, 9.17) is 9.47 Å². The summed E-state index contributed by atoms with van der Waals surface area (Å²) >= 11 is 1.73. The Labute approximate surface area is 223 Å². The van der Waals surface area contributed by atoms with E-state index < -0.39 is 0 Å². The average Bonchev–Trinajstić information content (AvgIpc) is 3.39. The second-order valence-corrected chi connectivity index (χ2v) is 10.9. The first-order valence-corrected chi connectivity index (χ1v) is 13.7. The van der Waals surface area contributed by atoms with E-state index in [-0.39, 0.29) is 24.4 Å². The molecule has 2 heterocycles. The van der Waals surface area contributed by atoms with Crippen molar-refractivity contribution in [3.8, 4) is 11.5 Å². The lowest BCUT2D eigenvalue weighted by molar-refractivity contribution is -0.135. The Morgan fingerprint density at radius 2 is 1.89 bits per heavy atom. The minimum absolute atomic E-state index is 0.0310. The second-order valence-electron chi connectivity index (χ2n) is 9.92. The number of amides is 2. The number of methoxy groups -OCH3 is 1. The topological polar surface area (TPSA) is 59.1 Å². The molecule has 0 fully saturated rings. The van der Waals surface area contributed by atoms with Crippen molar-refractivity contribution < 1.29 is 19.1 Å². The maximum Gasteiger partial charge on any atom is 0.254 e. The molecule has 2 amide bonds. The standard InChI is InChI=1S/C30H36N2O4S/c1-21(2)12-15-31(30(34)23-6-5-7-25(18-23)35-4)19-29(33)32-16-13-28-26(14-17-37-28)27(32)20-36-24-10-8-22(3)9-11-24/h5-11,14,17-18,21,27H,12-13,15-16,19-20H2,1-4H3/t27-/m1/s1. The van der Waals surface area contributed by atoms with Crippen molar-refractivity contribution >= 4 is 23.2 Å². The number of carbonyl (C=O) groups excluding carboxylic acids is 2. The van der Waals surface area contributed by atoms with Crippen molar-refractivity contribution in [3.05, 3.63) is 81.5 Å². The van der Waals surface area contributed by atoms with Crippen LogP contribution in [0.1, 0.15) is 52.7 Å². The molecule has 0 aliphatic carbocycles. The molecule has 1 atom stereocenters. The highest BCUT2D eigenvalue weighted by atomic mass is 32.1. The van der Waals surface area contributed by atoms with Gasteiger partial charge in [0.2, 0.25) is 5.91 Å². The first-order valence-electron chi connectivity index (χ1n) is 12.8. The van der Waals surface area contributed by atoms with Crippen molar-refractivity contribution in [2.24, 2.45) is 5.92 Å². The first-order chi connectivity index (χ1) is 17.9. The minimum Gasteiger partial charge on any atom is -0.497 e. The van der Waals surface area contributed by atoms with Gasteiger partial charge in [0, 0.05) is 23.5 Å². The Hall–Kier alpha value is -3.32. The molecule has 7 heteroatoms. The van der Waals surface area contributed by atoms with E-state index in [0.29, 0.717) is 36.9 Å². The molecular formula is C30H36N2O4S. The highest BCUT2D eigenvalue weighted by molar-refractivity contribution is 7.10. The van der Waals surface area contributed by atoms with Crippen molar-refractivity contribution in [3.63, 3.8) is 0 Å². The number of carbonyl (C=O) groups is 2. The molecule has 0 radical (unpaired) electrons. The third-order valence-corrected chi connectivity index (χ3v) is 7.75. The molecule has 0 N–H and O–H groups in total. The summed E-state index contributed by atoms with van der Waals surface area (Å²) in [5, 5.41) is 2.08. The first kappa shape index (κ1) is 26.7. The molecule has 0 saturated carbocycles. The van der Waals surface area contributed by atoms with E-state index in [2.05, 4.69) is 25.3 Å². The predicted molar refractivity (Wildman–Crippen MR) is 148 cm³/mol. The van der Waals surface area contributed by atoms with Gasteiger partial charge in [-0.25, -0.2) is 0 Å². The van der Waals surface area contributed by atoms with Gasteiger partial charge in [-0.1, -0.05) is 37.6 Å². The summed E-state index contributed by atoms with van der Waals surface area (Å²) in [6, 6.07) is 17.0. The average molecular weight is 521 g/mol. The lowest BCUT2D eigenvalue weighted by Gasteiger charge is -2.37. The van der Waals surface area contributed by atoms with Crippen LogP contribution in [0, 0.1) is 12.8 Å². The van der Waals surface area contributed by atoms with Gasteiger partial charge >= 0.3 is 0 Å². The highest BCUT2D eigenvalue weighted by Gasteiger charge is 2.33. The maximum atomic E-state index is 13.8. The van der Waals surface area contributed by atoms with E-state index in [1.807, 2.05) is 42.2 Å². The number of hydrogen-bond donors (Lipinski definition) is 0. The van der Waals surface area contributed by atoms with Crippen molar-refractivity contribution in [2.45, 2.75) is 39.7 Å². The Kier molecular flexibility index (Phi) is 8.87. The molecule has 0 unspecified atom stereocenters. The monoisotopic (exact) mass is 520 g/mol. The number of rotatable bonds is 10. The van der Waals surface area contributed by atoms with Crippen LogP contribution in [0.15, 0.2) is 60.0 Å². The summed E-state index contributed by atoms with van der Waals surface area (Å²) in [5.74, 6) is 1.60. The predicted octanol–water partition coefficient (Wildman–Crippen LogP) is 5.76. The molecule has 0 bridgehead atoms. The Morgan fingerprint density at radius 1 is 1.11 bits per heavy atom. The molecule has 37 heavy (non-hydrogen) atoms. The zero-order valence-electron chi connectivity index (χ0n) is 22.1. The molecular weight excluding hydrogens is 484 g/mol. The van der Waals surface area contributed by atoms with E-state index in [9.17, 15) is 9.59 Å². The van der Waals surface area contributed by atoms with Crippen molar-refractivity contribution in [2.75, 3.05) is 33.4 Å². The summed E-state index contributed by atoms with van der Waals surface area (Å²) < 4.78 is 11.5. The Bertz CT molecular complexity index is 1200. The summed E-state index contributed by atoms with van der Waals surface area (Å²) in [7, 11) is 1.58. The van der Waals surface area contributed by atoms with Crippen molar-refractivity contribution in [1.29, 1.82) is 0 Å². The fourth-order valence-electron chi connectivity index (χ4n) is 4.54. The largest absolute Gasteiger partial charge is 0.497 e. The van der Waals surface area contributed by atoms with Crippen LogP contribution in [-0.2, 0) is 11.2 Å². The normalized spacial score (nSPS) is 14.8. The summed E-state index contributed by atoms with van der Waals surface area (Å²) in [5.41, 5.74) is 2.84. The van der Waals surface area contributed by atoms with Gasteiger partial charge in [-0.15, -0.1) is 11.3 Å². The summed E-state index contributed by atoms with van der Waals surface area (Å²) in [4.78, 5) is 32.1. The summed E-state index contributed by atoms with van der Waals surface area (Å²) in [6.45, 7) is 7.81. The fraction of sp³-hybridized carbons (Fsp3) is 0.400. The molecule has 3 aromatic rings. The van der Waals surface area contributed by atoms with Gasteiger partial charge in [-0.3, -0.25) is 9.59 Å². The lowest BCUT2D eigenvalue weighted by Crippen LogP contribution is -2.48. The third kappa shape index (κ3) is 6.72. The quantitative estimate of drug-likeness (QED) is 0.341. The fourth-order valence-corrected chi connectivity index (χ4v) is 5.47. The maximum absolute atomic E-state index is 13.8. The molecule has 6 nitrogen and oxygen atoms in total. The second kappa shape index (κ2) is 12.3. The van der Waals surface area contributed by atoms with E-state index in [1.54, 1.807) is 41.5 Å². The molecule has 0 spiro atoms. The van der Waals surface area contributed by atoms with E-state index in [1.165, 1.54) is 10.4 Å². The van der Waals surface area contributed by atoms with Gasteiger partial charge in [-0.2, -0.15) is 0 Å². The zero-order valence-corrected chi connectivity index (χ0v) is 22.9. The van der Waals surface area contributed by atoms with E-state index in [0.717, 1.165) is 24.2 Å². The van der Waals surface area contributed by atoms with Crippen LogP contribution in [0.4, 0.5) is 0 Å². The van der Waals surface area contributed by atoms with Gasteiger partial charge in [0.1, 0.15) is 24.7 Å². The third-order valence-electron chi connectivity index (χ3n) is 6.75. The van der Waals surface area contributed by atoms with Crippen LogP contribution in [0.5, 0.6) is 11.5 Å². The molecule has 1 aromatic heterocycles. The summed E-state index contributed by atoms with van der Waals surface area (Å²) in [6.07, 6.45) is 1.63. The van der Waals surface area contributed by atoms with Gasteiger partial charge < -0.3 is 19.3 Å². The minimum atomic E-state index is -0.192. The molecule has 4 rings (SSSR count). The van der Waals surface area contributed by atoms with Crippen LogP contribution >= 0.6 is 11.3 Å². The van der Waals surface area contributed by atoms with Crippen molar-refractivity contribution in [1.82, 2.24) is 9.80 Å². The molecule has 1 aliphatic rings. The number of benzene rings is 2. The van der Waals surface area contributed by atoms with Gasteiger partial charge in [0.25, 0.3) is 5.91 Å². The number of aryl methyl sites for hydroxylation is 1. The van der Waals surface area contributed by atoms with E-state index >= 15 is 0 Å². The molecule has 0 saturated heterocycles. The van der Waals surface area contributed by atoms with Gasteiger partial charge in [-0.05, 0) is 73.0 Å². The SMILES string of the molecule is COc1cccc(C(=O)N(CCC(C)C)CC(=O)N2CCc3sccc3[C@H]2COc2ccc(C)cc2)c1. The van der Waals surface area contributed by atoms with Crippen LogP contribution < -0.4 is 9.47 Å². The molecule has 196 valence electrons.